The van der Waals surface area contributed by atoms with E-state index in [0.29, 0.717) is 6.42 Å². The predicted octanol–water partition coefficient (Wildman–Crippen LogP) is -1.26. The second kappa shape index (κ2) is 11.6. The molecule has 1 aliphatic carbocycles. The number of aliphatic hydroxyl groups is 1. The van der Waals surface area contributed by atoms with E-state index in [9.17, 15) is 29.1 Å². The molecule has 2 heterocycles. The molecule has 14 heteroatoms. The molecule has 0 spiro atoms. The average molecular weight is 589 g/mol. The summed E-state index contributed by atoms with van der Waals surface area (Å²) in [5.74, 6) is -3.09. The van der Waals surface area contributed by atoms with Crippen LogP contribution in [-0.4, -0.2) is 75.0 Å². The Morgan fingerprint density at radius 3 is 2.25 bits per heavy atom. The van der Waals surface area contributed by atoms with Crippen molar-refractivity contribution in [3.05, 3.63) is 57.9 Å². The molecule has 0 aromatic heterocycles. The van der Waals surface area contributed by atoms with Gasteiger partial charge in [-0.3, -0.25) is 24.0 Å². The first kappa shape index (κ1) is 29.6. The molecule has 12 nitrogen and oxygen atoms in total. The minimum atomic E-state index is -1.03. The zero-order chi connectivity index (χ0) is 29.2. The van der Waals surface area contributed by atoms with Crippen LogP contribution in [0.25, 0.3) is 0 Å². The van der Waals surface area contributed by atoms with E-state index >= 15 is 0 Å². The van der Waals surface area contributed by atoms with E-state index in [1.54, 1.807) is 42.1 Å². The number of benzene rings is 1. The van der Waals surface area contributed by atoms with Gasteiger partial charge < -0.3 is 37.8 Å². The molecule has 3 aliphatic rings. The molecular weight excluding hydrogens is 556 g/mol. The van der Waals surface area contributed by atoms with Crippen LogP contribution in [0.4, 0.5) is 0 Å². The molecule has 2 saturated heterocycles. The van der Waals surface area contributed by atoms with Crippen LogP contribution >= 0.6 is 23.5 Å². The summed E-state index contributed by atoms with van der Waals surface area (Å²) in [6.07, 6.45) is 4.06. The van der Waals surface area contributed by atoms with Crippen molar-refractivity contribution in [2.45, 2.75) is 60.5 Å². The Morgan fingerprint density at radius 1 is 0.900 bits per heavy atom. The predicted molar refractivity (Wildman–Crippen MR) is 151 cm³/mol. The number of rotatable bonds is 13. The molecule has 2 fully saturated rings. The van der Waals surface area contributed by atoms with Crippen molar-refractivity contribution in [3.63, 3.8) is 0 Å². The summed E-state index contributed by atoms with van der Waals surface area (Å²) in [7, 11) is 0. The van der Waals surface area contributed by atoms with Crippen molar-refractivity contribution in [3.8, 4) is 0 Å². The number of carbonyl (C=O) groups is 5. The Labute approximate surface area is 239 Å². The summed E-state index contributed by atoms with van der Waals surface area (Å²) in [4.78, 5) is 62.9. The lowest BCUT2D eigenvalue weighted by Gasteiger charge is -2.21. The van der Waals surface area contributed by atoms with Crippen molar-refractivity contribution in [1.82, 2.24) is 21.3 Å². The van der Waals surface area contributed by atoms with E-state index in [0.717, 1.165) is 15.4 Å². The van der Waals surface area contributed by atoms with Gasteiger partial charge in [0.25, 0.3) is 0 Å². The number of fused-ring (bicyclic) bond motifs is 2. The van der Waals surface area contributed by atoms with E-state index in [1.165, 1.54) is 25.6 Å². The van der Waals surface area contributed by atoms with Crippen molar-refractivity contribution < 1.29 is 29.1 Å². The first-order valence-electron chi connectivity index (χ1n) is 12.7. The SMILES string of the molecule is C[C@@H](NC(=O)[C@H](Cc1ccccc1)NC(=O)CNC(=O)[C@@H](C)NC(=O)[C@@H](N)CC12C=CC3(O)SC3=C1S2)C(N)=O. The summed E-state index contributed by atoms with van der Waals surface area (Å²) in [5.41, 5.74) is 12.1. The van der Waals surface area contributed by atoms with E-state index in [1.807, 2.05) is 12.1 Å². The fourth-order valence-electron chi connectivity index (χ4n) is 4.22. The Bertz CT molecular complexity index is 1290. The maximum atomic E-state index is 12.7. The van der Waals surface area contributed by atoms with Crippen LogP contribution in [0, 0.1) is 0 Å². The number of hydrogen-bond donors (Lipinski definition) is 7. The van der Waals surface area contributed by atoms with Crippen LogP contribution in [0.3, 0.4) is 0 Å². The molecule has 40 heavy (non-hydrogen) atoms. The summed E-state index contributed by atoms with van der Waals surface area (Å²) in [6.45, 7) is 2.45. The number of hydrogen-bond acceptors (Lipinski definition) is 9. The molecule has 0 bridgehead atoms. The average Bonchev–Trinajstić information content (AvgIpc) is 3.80. The molecule has 0 radical (unpaired) electrons. The highest BCUT2D eigenvalue weighted by Crippen LogP contribution is 2.75. The Hall–Kier alpha value is -3.33. The highest BCUT2D eigenvalue weighted by Gasteiger charge is 2.64. The molecular formula is C26H32N6O6S2. The van der Waals surface area contributed by atoms with Gasteiger partial charge in [0.05, 0.1) is 17.3 Å². The molecule has 4 rings (SSSR count). The summed E-state index contributed by atoms with van der Waals surface area (Å²) in [6, 6.07) is 5.14. The van der Waals surface area contributed by atoms with Gasteiger partial charge in [-0.2, -0.15) is 0 Å². The van der Waals surface area contributed by atoms with E-state index in [-0.39, 0.29) is 11.2 Å². The lowest BCUT2D eigenvalue weighted by molar-refractivity contribution is -0.132. The van der Waals surface area contributed by atoms with Gasteiger partial charge in [-0.25, -0.2) is 0 Å². The Morgan fingerprint density at radius 2 is 1.57 bits per heavy atom. The zero-order valence-corrected chi connectivity index (χ0v) is 23.6. The van der Waals surface area contributed by atoms with Gasteiger partial charge in [-0.05, 0) is 31.9 Å². The van der Waals surface area contributed by atoms with Crippen molar-refractivity contribution in [1.29, 1.82) is 0 Å². The molecule has 2 unspecified atom stereocenters. The Balaban J connectivity index is 1.24. The Kier molecular flexibility index (Phi) is 8.63. The smallest absolute Gasteiger partial charge is 0.243 e. The largest absolute Gasteiger partial charge is 0.371 e. The zero-order valence-electron chi connectivity index (χ0n) is 21.9. The molecule has 5 amide bonds. The highest BCUT2D eigenvalue weighted by molar-refractivity contribution is 8.18. The molecule has 1 aromatic rings. The van der Waals surface area contributed by atoms with Crippen LogP contribution in [-0.2, 0) is 30.4 Å². The van der Waals surface area contributed by atoms with E-state index in [2.05, 4.69) is 21.3 Å². The number of nitrogens with one attached hydrogen (secondary N) is 4. The molecule has 1 aromatic carbocycles. The van der Waals surface area contributed by atoms with Crippen molar-refractivity contribution in [2.75, 3.05) is 6.54 Å². The summed E-state index contributed by atoms with van der Waals surface area (Å²) in [5, 5.41) is 20.2. The normalized spacial score (nSPS) is 24.8. The van der Waals surface area contributed by atoms with Crippen molar-refractivity contribution >= 4 is 53.1 Å². The summed E-state index contributed by atoms with van der Waals surface area (Å²) < 4.78 is -0.386. The topological polar surface area (TPSA) is 206 Å². The van der Waals surface area contributed by atoms with Gasteiger partial charge in [0, 0.05) is 16.2 Å². The minimum absolute atomic E-state index is 0.146. The van der Waals surface area contributed by atoms with E-state index in [4.69, 9.17) is 11.5 Å². The van der Waals surface area contributed by atoms with Gasteiger partial charge in [0.1, 0.15) is 18.1 Å². The number of nitrogens with two attached hydrogens (primary N) is 2. The van der Waals surface area contributed by atoms with Crippen LogP contribution < -0.4 is 32.7 Å². The monoisotopic (exact) mass is 588 g/mol. The first-order valence-corrected chi connectivity index (χ1v) is 14.3. The standard InChI is InChI=1S/C26H32N6O6S2/c1-13(21(28)34)30-24(37)17(10-15-6-4-3-5-7-15)32-18(33)12-29-22(35)14(2)31-23(36)16(27)11-25-8-9-26(38)20(40-26)19(25)39-25/h3-9,13-14,16-17,38H,10-12,27H2,1-2H3,(H2,28,34)(H,29,35)(H,30,37)(H,31,36)(H,32,33)/t13-,14-,16+,17+,25?,26?/m1/s1. The third-order valence-corrected chi connectivity index (χ3v) is 9.44. The van der Waals surface area contributed by atoms with Gasteiger partial charge in [0.2, 0.25) is 29.5 Å². The maximum Gasteiger partial charge on any atom is 0.243 e. The minimum Gasteiger partial charge on any atom is -0.371 e. The first-order chi connectivity index (χ1) is 18.8. The maximum absolute atomic E-state index is 12.7. The highest BCUT2D eigenvalue weighted by atomic mass is 32.2. The second-order valence-electron chi connectivity index (χ2n) is 9.98. The fraction of sp³-hybridized carbons (Fsp3) is 0.423. The quantitative estimate of drug-likeness (QED) is 0.108. The van der Waals surface area contributed by atoms with E-state index < -0.39 is 65.2 Å². The lowest BCUT2D eigenvalue weighted by Crippen LogP contribution is -2.55. The molecule has 0 saturated carbocycles. The van der Waals surface area contributed by atoms with Gasteiger partial charge in [0.15, 0.2) is 4.93 Å². The number of primary amides is 1. The molecule has 9 N–H and O–H groups in total. The molecule has 6 atom stereocenters. The van der Waals surface area contributed by atoms with Crippen LogP contribution in [0.1, 0.15) is 25.8 Å². The van der Waals surface area contributed by atoms with Crippen molar-refractivity contribution in [2.24, 2.45) is 11.5 Å². The third-order valence-electron chi connectivity index (χ3n) is 6.71. The number of amides is 5. The van der Waals surface area contributed by atoms with Gasteiger partial charge >= 0.3 is 0 Å². The lowest BCUT2D eigenvalue weighted by atomic mass is 9.94. The second-order valence-corrected chi connectivity index (χ2v) is 12.6. The summed E-state index contributed by atoms with van der Waals surface area (Å²) >= 11 is 2.94. The number of carbonyl (C=O) groups excluding carboxylic acids is 5. The van der Waals surface area contributed by atoms with Crippen LogP contribution in [0.2, 0.25) is 0 Å². The van der Waals surface area contributed by atoms with Crippen LogP contribution in [0.5, 0.6) is 0 Å². The van der Waals surface area contributed by atoms with Gasteiger partial charge in [-0.15, -0.1) is 11.8 Å². The van der Waals surface area contributed by atoms with Gasteiger partial charge in [-0.1, -0.05) is 48.2 Å². The third kappa shape index (κ3) is 6.86. The molecule has 2 aliphatic heterocycles. The number of thioether (sulfide) groups is 2. The fourth-order valence-corrected chi connectivity index (χ4v) is 6.65. The molecule has 214 valence electrons. The van der Waals surface area contributed by atoms with Crippen LogP contribution in [0.15, 0.2) is 52.3 Å².